The van der Waals surface area contributed by atoms with Gasteiger partial charge in [0, 0.05) is 75.4 Å². The molecular formula is C29H36BrClN8O3S. The number of anilines is 5. The summed E-state index contributed by atoms with van der Waals surface area (Å²) in [5, 5.41) is 12.4. The Balaban J connectivity index is 1.14. The Hall–Kier alpha value is -2.68. The van der Waals surface area contributed by atoms with E-state index in [1.807, 2.05) is 18.2 Å². The van der Waals surface area contributed by atoms with Crippen molar-refractivity contribution in [3.05, 3.63) is 57.2 Å². The van der Waals surface area contributed by atoms with Crippen LogP contribution in [0.4, 0.5) is 28.8 Å². The van der Waals surface area contributed by atoms with E-state index in [1.165, 1.54) is 0 Å². The number of benzene rings is 2. The van der Waals surface area contributed by atoms with E-state index in [0.29, 0.717) is 63.0 Å². The maximum absolute atomic E-state index is 11.9. The van der Waals surface area contributed by atoms with Gasteiger partial charge in [-0.25, -0.2) is 18.5 Å². The van der Waals surface area contributed by atoms with Crippen molar-refractivity contribution < 1.29 is 13.2 Å². The van der Waals surface area contributed by atoms with E-state index in [0.717, 1.165) is 63.4 Å². The number of likely N-dealkylation sites (N-methyl/N-ethyl adjacent to an activating group) is 1. The highest BCUT2D eigenvalue weighted by Gasteiger charge is 2.27. The summed E-state index contributed by atoms with van der Waals surface area (Å²) in [6.07, 6.45) is 4.64. The van der Waals surface area contributed by atoms with Gasteiger partial charge in [-0.3, -0.25) is 4.90 Å². The number of ether oxygens (including phenoxy) is 1. The maximum Gasteiger partial charge on any atom is 0.229 e. The van der Waals surface area contributed by atoms with Crippen molar-refractivity contribution in [1.29, 1.82) is 0 Å². The van der Waals surface area contributed by atoms with Gasteiger partial charge >= 0.3 is 0 Å². The quantitative estimate of drug-likeness (QED) is 0.314. The average molecular weight is 692 g/mol. The standard InChI is InChI=1S/C29H36BrClN8O3S/c1-37-9-11-39(12-10-37)21-4-7-38(8-5-21)22-2-3-25(24(31)15-22)35-29-33-17-23(30)28(36-29)34-26-16-27-19(6-13-42-27)14-20(26)18-43(32,40)41/h2-3,14-17,21H,4-13,18H2,1H3,(H2,32,40,41)(H2,33,34,35,36). The number of hydrogen-bond acceptors (Lipinski definition) is 10. The highest BCUT2D eigenvalue weighted by Crippen LogP contribution is 2.36. The number of primary sulfonamides is 1. The molecule has 0 unspecified atom stereocenters. The number of fused-ring (bicyclic) bond motifs is 1. The fraction of sp³-hybridized carbons (Fsp3) is 0.448. The van der Waals surface area contributed by atoms with E-state index < -0.39 is 10.0 Å². The second kappa shape index (κ2) is 12.7. The SMILES string of the molecule is CN1CCN(C2CCN(c3ccc(Nc4ncc(Br)c(Nc5cc6c(cc5CS(N)(=O)=O)CCO6)n4)c(Cl)c3)CC2)CC1. The largest absolute Gasteiger partial charge is 0.493 e. The fourth-order valence-electron chi connectivity index (χ4n) is 5.97. The van der Waals surface area contributed by atoms with E-state index in [2.05, 4.69) is 64.3 Å². The van der Waals surface area contributed by atoms with E-state index in [1.54, 1.807) is 12.3 Å². The van der Waals surface area contributed by atoms with Gasteiger partial charge in [-0.15, -0.1) is 0 Å². The molecule has 2 aromatic carbocycles. The molecule has 0 radical (unpaired) electrons. The van der Waals surface area contributed by atoms with Crippen molar-refractivity contribution >= 4 is 66.4 Å². The smallest absolute Gasteiger partial charge is 0.229 e. The molecule has 3 aliphatic heterocycles. The zero-order valence-electron chi connectivity index (χ0n) is 24.0. The second-order valence-corrected chi connectivity index (χ2v) is 14.3. The van der Waals surface area contributed by atoms with Crippen molar-refractivity contribution in [1.82, 2.24) is 19.8 Å². The predicted octanol–water partition coefficient (Wildman–Crippen LogP) is 4.32. The molecule has 0 aliphatic carbocycles. The van der Waals surface area contributed by atoms with Crippen LogP contribution >= 0.6 is 27.5 Å². The fourth-order valence-corrected chi connectivity index (χ4v) is 7.15. The lowest BCUT2D eigenvalue weighted by Gasteiger charge is -2.42. The predicted molar refractivity (Wildman–Crippen MR) is 175 cm³/mol. The number of piperazine rings is 1. The maximum atomic E-state index is 11.9. The minimum absolute atomic E-state index is 0.314. The van der Waals surface area contributed by atoms with Crippen LogP contribution in [0, 0.1) is 0 Å². The Labute approximate surface area is 265 Å². The summed E-state index contributed by atoms with van der Waals surface area (Å²) < 4.78 is 30.2. The zero-order valence-corrected chi connectivity index (χ0v) is 27.2. The van der Waals surface area contributed by atoms with Crippen LogP contribution in [-0.4, -0.2) is 87.2 Å². The van der Waals surface area contributed by atoms with Crippen LogP contribution in [0.25, 0.3) is 0 Å². The molecule has 11 nitrogen and oxygen atoms in total. The number of halogens is 2. The first-order valence-electron chi connectivity index (χ1n) is 14.4. The minimum atomic E-state index is -3.75. The Morgan fingerprint density at radius 1 is 1.07 bits per heavy atom. The van der Waals surface area contributed by atoms with E-state index in [9.17, 15) is 8.42 Å². The molecule has 14 heteroatoms. The summed E-state index contributed by atoms with van der Waals surface area (Å²) in [5.41, 5.74) is 3.82. The van der Waals surface area contributed by atoms with Crippen molar-refractivity contribution in [3.63, 3.8) is 0 Å². The topological polar surface area (TPSA) is 129 Å². The van der Waals surface area contributed by atoms with Crippen LogP contribution in [0.15, 0.2) is 41.0 Å². The highest BCUT2D eigenvalue weighted by atomic mass is 79.9. The number of rotatable bonds is 8. The number of hydrogen-bond donors (Lipinski definition) is 3. The molecule has 4 heterocycles. The second-order valence-electron chi connectivity index (χ2n) is 11.4. The van der Waals surface area contributed by atoms with Crippen molar-refractivity contribution in [2.45, 2.75) is 31.1 Å². The van der Waals surface area contributed by atoms with E-state index in [-0.39, 0.29) is 5.75 Å². The normalized spacial score (nSPS) is 18.4. The Morgan fingerprint density at radius 2 is 1.84 bits per heavy atom. The third kappa shape index (κ3) is 7.35. The lowest BCUT2D eigenvalue weighted by molar-refractivity contribution is 0.0982. The number of sulfonamides is 1. The number of piperidine rings is 1. The Kier molecular flexibility index (Phi) is 8.99. The number of aromatic nitrogens is 2. The van der Waals surface area contributed by atoms with E-state index in [4.69, 9.17) is 21.5 Å². The monoisotopic (exact) mass is 690 g/mol. The summed E-state index contributed by atoms with van der Waals surface area (Å²) in [6, 6.07) is 10.3. The summed E-state index contributed by atoms with van der Waals surface area (Å²) in [4.78, 5) is 16.5. The van der Waals surface area contributed by atoms with Crippen LogP contribution < -0.4 is 25.4 Å². The van der Waals surface area contributed by atoms with Gasteiger partial charge < -0.3 is 25.2 Å². The molecule has 4 N–H and O–H groups in total. The molecule has 3 aromatic rings. The third-order valence-electron chi connectivity index (χ3n) is 8.35. The van der Waals surface area contributed by atoms with Gasteiger partial charge in [-0.2, -0.15) is 4.98 Å². The van der Waals surface area contributed by atoms with Gasteiger partial charge in [0.25, 0.3) is 0 Å². The van der Waals surface area contributed by atoms with Crippen molar-refractivity contribution in [2.24, 2.45) is 5.14 Å². The van der Waals surface area contributed by atoms with Crippen LogP contribution in [-0.2, 0) is 22.2 Å². The first kappa shape index (κ1) is 30.4. The van der Waals surface area contributed by atoms with Crippen LogP contribution in [0.1, 0.15) is 24.0 Å². The van der Waals surface area contributed by atoms with Gasteiger partial charge in [0.15, 0.2) is 0 Å². The van der Waals surface area contributed by atoms with Gasteiger partial charge in [0.05, 0.1) is 27.5 Å². The van der Waals surface area contributed by atoms with E-state index >= 15 is 0 Å². The van der Waals surface area contributed by atoms with Crippen molar-refractivity contribution in [3.8, 4) is 5.75 Å². The molecule has 230 valence electrons. The molecule has 2 saturated heterocycles. The Morgan fingerprint density at radius 3 is 2.56 bits per heavy atom. The first-order chi connectivity index (χ1) is 20.6. The first-order valence-corrected chi connectivity index (χ1v) is 17.3. The molecule has 0 atom stereocenters. The van der Waals surface area contributed by atoms with Gasteiger partial charge in [-0.1, -0.05) is 11.6 Å². The molecular weight excluding hydrogens is 656 g/mol. The summed E-state index contributed by atoms with van der Waals surface area (Å²) in [5.74, 6) is 1.17. The molecule has 0 spiro atoms. The molecule has 3 aliphatic rings. The summed E-state index contributed by atoms with van der Waals surface area (Å²) >= 11 is 10.2. The van der Waals surface area contributed by atoms with Gasteiger partial charge in [0.2, 0.25) is 16.0 Å². The zero-order chi connectivity index (χ0) is 30.1. The summed E-state index contributed by atoms with van der Waals surface area (Å²) in [6.45, 7) is 7.16. The van der Waals surface area contributed by atoms with Crippen LogP contribution in [0.2, 0.25) is 5.02 Å². The van der Waals surface area contributed by atoms with Gasteiger partial charge in [0.1, 0.15) is 11.6 Å². The van der Waals surface area contributed by atoms with Crippen LogP contribution in [0.3, 0.4) is 0 Å². The summed E-state index contributed by atoms with van der Waals surface area (Å²) in [7, 11) is -1.56. The molecule has 2 fully saturated rings. The van der Waals surface area contributed by atoms with Crippen LogP contribution in [0.5, 0.6) is 5.75 Å². The number of nitrogens with two attached hydrogens (primary N) is 1. The molecule has 0 amide bonds. The molecule has 0 bridgehead atoms. The number of nitrogens with one attached hydrogen (secondary N) is 2. The molecule has 0 saturated carbocycles. The average Bonchev–Trinajstić information content (AvgIpc) is 3.43. The minimum Gasteiger partial charge on any atom is -0.493 e. The highest BCUT2D eigenvalue weighted by molar-refractivity contribution is 9.10. The van der Waals surface area contributed by atoms with Gasteiger partial charge in [-0.05, 0) is 71.2 Å². The lowest BCUT2D eigenvalue weighted by Crippen LogP contribution is -2.52. The third-order valence-corrected chi connectivity index (χ3v) is 9.96. The number of nitrogens with zero attached hydrogens (tertiary/aromatic N) is 5. The Bertz CT molecular complexity index is 1590. The molecule has 43 heavy (non-hydrogen) atoms. The van der Waals surface area contributed by atoms with Crippen molar-refractivity contribution in [2.75, 3.05) is 68.5 Å². The lowest BCUT2D eigenvalue weighted by atomic mass is 10.0. The molecule has 6 rings (SSSR count). The molecule has 1 aromatic heterocycles.